The summed E-state index contributed by atoms with van der Waals surface area (Å²) in [6.07, 6.45) is 0. The summed E-state index contributed by atoms with van der Waals surface area (Å²) in [6, 6.07) is 20.0. The number of hydrogen-bond acceptors (Lipinski definition) is 0. The van der Waals surface area contributed by atoms with Gasteiger partial charge in [0.05, 0.1) is 0 Å². The van der Waals surface area contributed by atoms with Crippen LogP contribution in [0.3, 0.4) is 0 Å². The molecule has 0 atom stereocenters. The molecule has 15 heavy (non-hydrogen) atoms. The van der Waals surface area contributed by atoms with Crippen LogP contribution in [0.15, 0.2) is 60.7 Å². The average molecular weight is 320 g/mol. The molecular formula is C10H10Cl4Ti. The van der Waals surface area contributed by atoms with Crippen molar-refractivity contribution >= 4 is 18.6 Å². The molecule has 0 radical (unpaired) electrons. The molecule has 0 aliphatic rings. The van der Waals surface area contributed by atoms with Crippen LogP contribution in [-0.4, -0.2) is 0 Å². The van der Waals surface area contributed by atoms with Crippen LogP contribution in [-0.2, 0) is 17.0 Å². The minimum atomic E-state index is -0.556. The zero-order valence-electron chi connectivity index (χ0n) is 7.79. The maximum atomic E-state index is 4.89. The largest absolute Gasteiger partial charge is 0.214 e. The van der Waals surface area contributed by atoms with Gasteiger partial charge in [-0.25, -0.2) is 24.3 Å². The fourth-order valence-corrected chi connectivity index (χ4v) is 0.642. The molecule has 2 aromatic carbocycles. The Balaban J connectivity index is -0.000000140. The van der Waals surface area contributed by atoms with Gasteiger partial charge in [0.1, 0.15) is 0 Å². The van der Waals surface area contributed by atoms with Crippen molar-refractivity contribution in [2.75, 3.05) is 0 Å². The van der Waals surface area contributed by atoms with Gasteiger partial charge in [0.2, 0.25) is 0 Å². The van der Waals surface area contributed by atoms with E-state index in [1.54, 1.807) is 0 Å². The van der Waals surface area contributed by atoms with Crippen molar-refractivity contribution in [1.82, 2.24) is 0 Å². The molecule has 0 fully saturated rings. The van der Waals surface area contributed by atoms with Crippen molar-refractivity contribution < 1.29 is 41.8 Å². The summed E-state index contributed by atoms with van der Waals surface area (Å²) in [7, 11) is 9.78. The van der Waals surface area contributed by atoms with Gasteiger partial charge in [-0.3, -0.25) is 0 Å². The quantitative estimate of drug-likeness (QED) is 0.397. The predicted octanol–water partition coefficient (Wildman–Crippen LogP) is -1.80. The van der Waals surface area contributed by atoms with E-state index in [-0.39, 0.29) is 24.8 Å². The smallest absolute Gasteiger partial charge is 0.172 e. The molecule has 0 aliphatic carbocycles. The van der Waals surface area contributed by atoms with Crippen LogP contribution in [0.1, 0.15) is 0 Å². The van der Waals surface area contributed by atoms with Crippen LogP contribution >= 0.6 is 18.6 Å². The fraction of sp³-hybridized carbons (Fsp3) is 0. The van der Waals surface area contributed by atoms with Gasteiger partial charge in [-0.1, -0.05) is 0 Å². The van der Waals surface area contributed by atoms with Gasteiger partial charge in [0, 0.05) is 0 Å². The van der Waals surface area contributed by atoms with Gasteiger partial charge in [-0.15, -0.1) is 0 Å². The summed E-state index contributed by atoms with van der Waals surface area (Å²) in [4.78, 5) is 0. The molecule has 82 valence electrons. The van der Waals surface area contributed by atoms with Gasteiger partial charge < -0.3 is 24.8 Å². The molecule has 5 heteroatoms. The van der Waals surface area contributed by atoms with Gasteiger partial charge in [-0.05, 0) is 0 Å². The third kappa shape index (κ3) is 20.6. The van der Waals surface area contributed by atoms with E-state index in [1.807, 2.05) is 60.7 Å². The first kappa shape index (κ1) is 20.9. The molecule has 0 aliphatic heterocycles. The standard InChI is InChI=1S/2C5H5.4ClH.Ti/c2*1-2-4-5-3-1;;;;;/h2*1-5H;4*1H;/q2*-1;;;;;+6/p-4. The second kappa shape index (κ2) is 20.0. The van der Waals surface area contributed by atoms with Crippen molar-refractivity contribution in [2.45, 2.75) is 0 Å². The van der Waals surface area contributed by atoms with Gasteiger partial charge >= 0.3 is 35.6 Å². The van der Waals surface area contributed by atoms with Crippen molar-refractivity contribution in [3.05, 3.63) is 60.7 Å². The SMILES string of the molecule is [Cl-].[Cl-].[Cl][Ti+4][Cl].c1cc[cH-]c1.c1cc[cH-]c1. The summed E-state index contributed by atoms with van der Waals surface area (Å²) >= 11 is -0.556. The van der Waals surface area contributed by atoms with E-state index in [4.69, 9.17) is 18.6 Å². The van der Waals surface area contributed by atoms with Crippen LogP contribution in [0.2, 0.25) is 0 Å². The average Bonchev–Trinajstić information content (AvgIpc) is 2.85. The van der Waals surface area contributed by atoms with Crippen molar-refractivity contribution in [1.29, 1.82) is 0 Å². The fourth-order valence-electron chi connectivity index (χ4n) is 0.642. The van der Waals surface area contributed by atoms with Crippen LogP contribution in [0.4, 0.5) is 0 Å². The van der Waals surface area contributed by atoms with Gasteiger partial charge in [0.15, 0.2) is 0 Å². The summed E-state index contributed by atoms with van der Waals surface area (Å²) in [6.45, 7) is 0. The van der Waals surface area contributed by atoms with Gasteiger partial charge in [-0.2, -0.15) is 36.4 Å². The summed E-state index contributed by atoms with van der Waals surface area (Å²) in [5.41, 5.74) is 0. The maximum Gasteiger partial charge on any atom is -0.172 e. The molecule has 0 bridgehead atoms. The third-order valence-corrected chi connectivity index (χ3v) is 1.11. The van der Waals surface area contributed by atoms with E-state index >= 15 is 0 Å². The Morgan fingerprint density at radius 3 is 0.933 bits per heavy atom. The maximum absolute atomic E-state index is 4.89. The van der Waals surface area contributed by atoms with E-state index in [2.05, 4.69) is 0 Å². The van der Waals surface area contributed by atoms with Crippen molar-refractivity contribution in [2.24, 2.45) is 0 Å². The molecule has 2 aromatic rings. The molecule has 0 amide bonds. The Morgan fingerprint density at radius 2 is 0.867 bits per heavy atom. The zero-order valence-corrected chi connectivity index (χ0v) is 12.4. The normalized spacial score (nSPS) is 6.80. The minimum absolute atomic E-state index is 0. The monoisotopic (exact) mass is 318 g/mol. The van der Waals surface area contributed by atoms with E-state index in [0.717, 1.165) is 0 Å². The Morgan fingerprint density at radius 1 is 0.667 bits per heavy atom. The van der Waals surface area contributed by atoms with E-state index < -0.39 is 17.0 Å². The molecular weight excluding hydrogens is 310 g/mol. The Bertz CT molecular complexity index is 169. The first-order valence-electron chi connectivity index (χ1n) is 3.71. The van der Waals surface area contributed by atoms with E-state index in [1.165, 1.54) is 0 Å². The van der Waals surface area contributed by atoms with Crippen LogP contribution < -0.4 is 24.8 Å². The topological polar surface area (TPSA) is 0 Å². The number of rotatable bonds is 0. The molecule has 0 saturated carbocycles. The number of hydrogen-bond donors (Lipinski definition) is 0. The Hall–Kier alpha value is 0.574. The Kier molecular flexibility index (Phi) is 28.0. The molecule has 0 saturated heterocycles. The van der Waals surface area contributed by atoms with Gasteiger partial charge in [0.25, 0.3) is 0 Å². The molecule has 0 nitrogen and oxygen atoms in total. The Labute approximate surface area is 120 Å². The second-order valence-electron chi connectivity index (χ2n) is 2.00. The molecule has 2 rings (SSSR count). The summed E-state index contributed by atoms with van der Waals surface area (Å²) in [5, 5.41) is 0. The molecule has 0 spiro atoms. The summed E-state index contributed by atoms with van der Waals surface area (Å²) in [5.74, 6) is 0. The van der Waals surface area contributed by atoms with Crippen LogP contribution in [0, 0.1) is 0 Å². The molecule has 0 unspecified atom stereocenters. The van der Waals surface area contributed by atoms with Crippen molar-refractivity contribution in [3.8, 4) is 0 Å². The molecule has 0 aromatic heterocycles. The predicted molar refractivity (Wildman–Crippen MR) is 55.8 cm³/mol. The van der Waals surface area contributed by atoms with E-state index in [0.29, 0.717) is 0 Å². The first-order valence-corrected chi connectivity index (χ1v) is 8.01. The first-order chi connectivity index (χ1) is 6.41. The van der Waals surface area contributed by atoms with E-state index in [9.17, 15) is 0 Å². The summed E-state index contributed by atoms with van der Waals surface area (Å²) < 4.78 is 0. The second-order valence-corrected chi connectivity index (χ2v) is 4.58. The van der Waals surface area contributed by atoms with Crippen molar-refractivity contribution in [3.63, 3.8) is 0 Å². The van der Waals surface area contributed by atoms with Crippen LogP contribution in [0.5, 0.6) is 0 Å². The zero-order chi connectivity index (χ0) is 9.78. The molecule has 0 N–H and O–H groups in total. The number of halogens is 4. The minimum Gasteiger partial charge on any atom is -0.214 e. The third-order valence-electron chi connectivity index (χ3n) is 1.11. The van der Waals surface area contributed by atoms with Crippen LogP contribution in [0.25, 0.3) is 0 Å². The molecule has 0 heterocycles.